The summed E-state index contributed by atoms with van der Waals surface area (Å²) in [6.07, 6.45) is 0.243. The molecule has 0 unspecified atom stereocenters. The lowest BCUT2D eigenvalue weighted by Gasteiger charge is -2.19. The number of benzene rings is 2. The number of nitrogens with zero attached hydrogens (tertiary/aromatic N) is 2. The zero-order valence-electron chi connectivity index (χ0n) is 18.9. The summed E-state index contributed by atoms with van der Waals surface area (Å²) < 4.78 is 0. The highest BCUT2D eigenvalue weighted by Crippen LogP contribution is 2.29. The molecule has 5 nitrogen and oxygen atoms in total. The topological polar surface area (TPSA) is 96.1 Å². The third kappa shape index (κ3) is 8.19. The van der Waals surface area contributed by atoms with E-state index in [-0.39, 0.29) is 24.2 Å². The SMILES string of the molecule is CC(C)c1cc(C#N)cc(C(C)C)c1CC(N)=O.CN(C)Cc1ccc(SN)cc1. The van der Waals surface area contributed by atoms with Crippen LogP contribution in [0.1, 0.15) is 67.3 Å². The molecule has 4 N–H and O–H groups in total. The zero-order valence-corrected chi connectivity index (χ0v) is 19.7. The van der Waals surface area contributed by atoms with Gasteiger partial charge in [0.2, 0.25) is 5.91 Å². The third-order valence-electron chi connectivity index (χ3n) is 4.60. The van der Waals surface area contributed by atoms with Gasteiger partial charge in [0.1, 0.15) is 0 Å². The maximum absolute atomic E-state index is 11.2. The molecule has 0 atom stereocenters. The van der Waals surface area contributed by atoms with Crippen LogP contribution in [-0.2, 0) is 17.8 Å². The first-order valence-corrected chi connectivity index (χ1v) is 10.9. The fraction of sp³-hybridized carbons (Fsp3) is 0.417. The van der Waals surface area contributed by atoms with Crippen LogP contribution in [-0.4, -0.2) is 24.9 Å². The van der Waals surface area contributed by atoms with E-state index in [1.807, 2.05) is 24.3 Å². The van der Waals surface area contributed by atoms with Crippen LogP contribution in [0.15, 0.2) is 41.3 Å². The molecule has 162 valence electrons. The summed E-state index contributed by atoms with van der Waals surface area (Å²) in [6, 6.07) is 14.2. The van der Waals surface area contributed by atoms with Crippen molar-refractivity contribution in [3.8, 4) is 6.07 Å². The van der Waals surface area contributed by atoms with Crippen LogP contribution in [0.5, 0.6) is 0 Å². The average molecular weight is 427 g/mol. The van der Waals surface area contributed by atoms with E-state index in [0.717, 1.165) is 28.1 Å². The summed E-state index contributed by atoms with van der Waals surface area (Å²) in [6.45, 7) is 9.22. The smallest absolute Gasteiger partial charge is 0.221 e. The standard InChI is InChI=1S/C15H20N2O.C9H14N2S/c1-9(2)12-5-11(8-16)6-13(10(3)4)14(12)7-15(17)18;1-11(2)7-8-3-5-9(12-10)6-4-8/h5-6,9-10H,7H2,1-4H3,(H2,17,18);3-6H,7,10H2,1-2H3. The maximum Gasteiger partial charge on any atom is 0.221 e. The van der Waals surface area contributed by atoms with Gasteiger partial charge in [0.15, 0.2) is 0 Å². The van der Waals surface area contributed by atoms with Gasteiger partial charge in [-0.05, 0) is 84.4 Å². The first-order chi connectivity index (χ1) is 14.1. The van der Waals surface area contributed by atoms with Gasteiger partial charge in [-0.15, -0.1) is 0 Å². The normalized spacial score (nSPS) is 10.7. The summed E-state index contributed by atoms with van der Waals surface area (Å²) in [4.78, 5) is 14.5. The lowest BCUT2D eigenvalue weighted by molar-refractivity contribution is -0.117. The Morgan fingerprint density at radius 3 is 1.90 bits per heavy atom. The molecule has 0 heterocycles. The highest BCUT2D eigenvalue weighted by Gasteiger charge is 2.17. The number of nitrogens with two attached hydrogens (primary N) is 2. The van der Waals surface area contributed by atoms with Gasteiger partial charge in [-0.25, -0.2) is 0 Å². The third-order valence-corrected chi connectivity index (χ3v) is 5.15. The van der Waals surface area contributed by atoms with Crippen LogP contribution < -0.4 is 10.9 Å². The van der Waals surface area contributed by atoms with Crippen LogP contribution in [0.3, 0.4) is 0 Å². The molecular formula is C24H34N4OS. The van der Waals surface area contributed by atoms with Crippen LogP contribution in [0, 0.1) is 11.3 Å². The van der Waals surface area contributed by atoms with Crippen LogP contribution in [0.4, 0.5) is 0 Å². The summed E-state index contributed by atoms with van der Waals surface area (Å²) in [5, 5.41) is 14.5. The molecule has 0 spiro atoms. The van der Waals surface area contributed by atoms with E-state index >= 15 is 0 Å². The van der Waals surface area contributed by atoms with Gasteiger partial charge < -0.3 is 10.6 Å². The van der Waals surface area contributed by atoms with Gasteiger partial charge in [0.25, 0.3) is 0 Å². The Bertz CT molecular complexity index is 839. The molecule has 0 fully saturated rings. The lowest BCUT2D eigenvalue weighted by atomic mass is 9.85. The number of hydrogen-bond donors (Lipinski definition) is 2. The lowest BCUT2D eigenvalue weighted by Crippen LogP contribution is -2.17. The van der Waals surface area contributed by atoms with Gasteiger partial charge in [-0.1, -0.05) is 39.8 Å². The molecule has 2 aromatic carbocycles. The molecule has 0 saturated heterocycles. The number of amides is 1. The number of hydrogen-bond acceptors (Lipinski definition) is 5. The van der Waals surface area contributed by atoms with Gasteiger partial charge in [0, 0.05) is 11.4 Å². The first kappa shape index (κ1) is 25.7. The molecule has 0 aliphatic carbocycles. The van der Waals surface area contributed by atoms with Crippen molar-refractivity contribution in [2.75, 3.05) is 14.1 Å². The van der Waals surface area contributed by atoms with Crippen molar-refractivity contribution < 1.29 is 4.79 Å². The quantitative estimate of drug-likeness (QED) is 0.633. The maximum atomic E-state index is 11.2. The van der Waals surface area contributed by atoms with Crippen molar-refractivity contribution >= 4 is 17.9 Å². The first-order valence-electron chi connectivity index (χ1n) is 10.0. The molecule has 1 amide bonds. The van der Waals surface area contributed by atoms with E-state index in [1.54, 1.807) is 0 Å². The highest BCUT2D eigenvalue weighted by molar-refractivity contribution is 7.97. The fourth-order valence-corrected chi connectivity index (χ4v) is 3.52. The van der Waals surface area contributed by atoms with Crippen LogP contribution >= 0.6 is 11.9 Å². The van der Waals surface area contributed by atoms with E-state index < -0.39 is 0 Å². The molecule has 0 aliphatic heterocycles. The Morgan fingerprint density at radius 1 is 1.07 bits per heavy atom. The van der Waals surface area contributed by atoms with Crippen molar-refractivity contribution in [3.63, 3.8) is 0 Å². The number of primary amides is 1. The number of nitriles is 1. The largest absolute Gasteiger partial charge is 0.369 e. The minimum atomic E-state index is -0.330. The minimum absolute atomic E-state index is 0.243. The van der Waals surface area contributed by atoms with E-state index in [9.17, 15) is 4.79 Å². The van der Waals surface area contributed by atoms with Crippen LogP contribution in [0.2, 0.25) is 0 Å². The number of carbonyl (C=O) groups excluding carboxylic acids is 1. The van der Waals surface area contributed by atoms with Gasteiger partial charge in [0.05, 0.1) is 18.1 Å². The van der Waals surface area contributed by atoms with Crippen molar-refractivity contribution in [1.82, 2.24) is 4.90 Å². The summed E-state index contributed by atoms with van der Waals surface area (Å²) in [7, 11) is 4.12. The van der Waals surface area contributed by atoms with E-state index in [4.69, 9.17) is 16.1 Å². The Balaban J connectivity index is 0.000000325. The predicted octanol–water partition coefficient (Wildman–Crippen LogP) is 4.55. The van der Waals surface area contributed by atoms with Gasteiger partial charge >= 0.3 is 0 Å². The number of rotatable bonds is 7. The molecule has 0 bridgehead atoms. The van der Waals surface area contributed by atoms with Crippen molar-refractivity contribution in [3.05, 3.63) is 64.2 Å². The van der Waals surface area contributed by atoms with Crippen molar-refractivity contribution in [2.45, 2.75) is 57.4 Å². The molecule has 2 rings (SSSR count). The predicted molar refractivity (Wildman–Crippen MR) is 126 cm³/mol. The molecule has 0 aromatic heterocycles. The molecule has 0 radical (unpaired) electrons. The summed E-state index contributed by atoms with van der Waals surface area (Å²) in [5.74, 6) is 0.207. The monoisotopic (exact) mass is 426 g/mol. The van der Waals surface area contributed by atoms with Crippen molar-refractivity contribution in [1.29, 1.82) is 5.26 Å². The molecule has 0 saturated carbocycles. The minimum Gasteiger partial charge on any atom is -0.369 e. The summed E-state index contributed by atoms with van der Waals surface area (Å²) in [5.41, 5.74) is 10.4. The Kier molecular flexibility index (Phi) is 10.6. The second kappa shape index (κ2) is 12.4. The molecular weight excluding hydrogens is 392 g/mol. The molecule has 6 heteroatoms. The Morgan fingerprint density at radius 2 is 1.57 bits per heavy atom. The van der Waals surface area contributed by atoms with Crippen molar-refractivity contribution in [2.24, 2.45) is 10.9 Å². The van der Waals surface area contributed by atoms with Crippen LogP contribution in [0.25, 0.3) is 0 Å². The fourth-order valence-electron chi connectivity index (χ4n) is 3.23. The average Bonchev–Trinajstić information content (AvgIpc) is 2.68. The molecule has 2 aromatic rings. The summed E-state index contributed by atoms with van der Waals surface area (Å²) >= 11 is 1.28. The highest BCUT2D eigenvalue weighted by atomic mass is 32.2. The number of carbonyl (C=O) groups is 1. The Labute approximate surface area is 185 Å². The zero-order chi connectivity index (χ0) is 22.8. The molecule has 30 heavy (non-hydrogen) atoms. The van der Waals surface area contributed by atoms with E-state index in [0.29, 0.717) is 5.56 Å². The van der Waals surface area contributed by atoms with E-state index in [1.165, 1.54) is 17.5 Å². The van der Waals surface area contributed by atoms with Gasteiger partial charge in [-0.2, -0.15) is 5.26 Å². The molecule has 0 aliphatic rings. The second-order valence-corrected chi connectivity index (χ2v) is 8.90. The Hall–Kier alpha value is -2.33. The van der Waals surface area contributed by atoms with E-state index in [2.05, 4.69) is 64.9 Å². The second-order valence-electron chi connectivity index (χ2n) is 8.20. The van der Waals surface area contributed by atoms with Gasteiger partial charge in [-0.3, -0.25) is 9.93 Å².